The van der Waals surface area contributed by atoms with Crippen molar-refractivity contribution in [3.05, 3.63) is 69.2 Å². The number of thiophene rings is 2. The number of rotatable bonds is 7. The third-order valence-corrected chi connectivity index (χ3v) is 6.93. The van der Waals surface area contributed by atoms with Gasteiger partial charge < -0.3 is 10.6 Å². The Hall–Kier alpha value is -2.84. The van der Waals surface area contributed by atoms with Crippen molar-refractivity contribution >= 4 is 44.6 Å². The molecule has 4 rings (SSSR count). The number of pyridine rings is 1. The second-order valence-electron chi connectivity index (χ2n) is 6.62. The van der Waals surface area contributed by atoms with Gasteiger partial charge in [0, 0.05) is 23.8 Å². The van der Waals surface area contributed by atoms with Crippen LogP contribution in [0.25, 0.3) is 10.2 Å². The summed E-state index contributed by atoms with van der Waals surface area (Å²) < 4.78 is 0. The first-order valence-electron chi connectivity index (χ1n) is 9.38. The Morgan fingerprint density at radius 3 is 2.76 bits per heavy atom. The van der Waals surface area contributed by atoms with Gasteiger partial charge in [-0.1, -0.05) is 13.0 Å². The minimum absolute atomic E-state index is 0.0986. The second-order valence-corrected chi connectivity index (χ2v) is 8.60. The van der Waals surface area contributed by atoms with E-state index in [0.29, 0.717) is 11.4 Å². The van der Waals surface area contributed by atoms with Crippen LogP contribution < -0.4 is 10.6 Å². The molecule has 1 atom stereocenters. The van der Waals surface area contributed by atoms with E-state index >= 15 is 0 Å². The Kier molecular flexibility index (Phi) is 5.82. The quantitative estimate of drug-likeness (QED) is 0.440. The number of fused-ring (bicyclic) bond motifs is 1. The Morgan fingerprint density at radius 1 is 1.21 bits per heavy atom. The number of aryl methyl sites for hydroxylation is 1. The number of hydrogen-bond donors (Lipinski definition) is 2. The van der Waals surface area contributed by atoms with E-state index in [-0.39, 0.29) is 11.9 Å². The first-order valence-corrected chi connectivity index (χ1v) is 11.1. The van der Waals surface area contributed by atoms with Gasteiger partial charge in [0.1, 0.15) is 17.0 Å². The van der Waals surface area contributed by atoms with Gasteiger partial charge in [-0.2, -0.15) is 0 Å². The molecule has 6 nitrogen and oxygen atoms in total. The molecular formula is C21H21N5OS2. The number of hydrogen-bond acceptors (Lipinski definition) is 7. The van der Waals surface area contributed by atoms with E-state index in [1.165, 1.54) is 16.2 Å². The van der Waals surface area contributed by atoms with Gasteiger partial charge in [-0.15, -0.1) is 22.7 Å². The second kappa shape index (κ2) is 8.67. The standard InChI is InChI=1S/C21H21N5OS2/c1-3-15(16-5-4-10-28-16)26-19-17-13(2)18(29-21(17)25-12-24-19)20(27)23-11-14-6-8-22-9-7-14/h4-10,12,15H,3,11H2,1-2H3,(H,23,27)(H,24,25,26)/t15-/m0/s1. The number of nitrogens with zero attached hydrogens (tertiary/aromatic N) is 3. The summed E-state index contributed by atoms with van der Waals surface area (Å²) in [7, 11) is 0. The smallest absolute Gasteiger partial charge is 0.261 e. The molecule has 29 heavy (non-hydrogen) atoms. The molecular weight excluding hydrogens is 402 g/mol. The van der Waals surface area contributed by atoms with Gasteiger partial charge >= 0.3 is 0 Å². The molecule has 8 heteroatoms. The molecule has 0 aliphatic rings. The third kappa shape index (κ3) is 4.13. The van der Waals surface area contributed by atoms with Crippen LogP contribution in [0.2, 0.25) is 0 Å². The highest BCUT2D eigenvalue weighted by atomic mass is 32.1. The molecule has 0 saturated carbocycles. The summed E-state index contributed by atoms with van der Waals surface area (Å²) >= 11 is 3.13. The normalized spacial score (nSPS) is 12.1. The minimum Gasteiger partial charge on any atom is -0.362 e. The van der Waals surface area contributed by atoms with Crippen molar-refractivity contribution < 1.29 is 4.79 Å². The molecule has 0 spiro atoms. The Labute approximate surface area is 177 Å². The fourth-order valence-corrected chi connectivity index (χ4v) is 5.12. The molecule has 0 aliphatic heterocycles. The first-order chi connectivity index (χ1) is 14.2. The molecule has 4 aromatic heterocycles. The van der Waals surface area contributed by atoms with Crippen LogP contribution in [0.15, 0.2) is 48.4 Å². The number of carbonyl (C=O) groups is 1. The van der Waals surface area contributed by atoms with Crippen molar-refractivity contribution in [2.45, 2.75) is 32.9 Å². The van der Waals surface area contributed by atoms with Crippen LogP contribution in [0.4, 0.5) is 5.82 Å². The fourth-order valence-electron chi connectivity index (χ4n) is 3.19. The lowest BCUT2D eigenvalue weighted by atomic mass is 10.1. The largest absolute Gasteiger partial charge is 0.362 e. The van der Waals surface area contributed by atoms with E-state index < -0.39 is 0 Å². The van der Waals surface area contributed by atoms with Crippen molar-refractivity contribution in [1.82, 2.24) is 20.3 Å². The van der Waals surface area contributed by atoms with Crippen molar-refractivity contribution in [2.24, 2.45) is 0 Å². The highest BCUT2D eigenvalue weighted by Gasteiger charge is 2.21. The van der Waals surface area contributed by atoms with E-state index in [1.807, 2.05) is 19.1 Å². The zero-order chi connectivity index (χ0) is 20.2. The maximum atomic E-state index is 12.8. The molecule has 4 aromatic rings. The van der Waals surface area contributed by atoms with Gasteiger partial charge in [-0.3, -0.25) is 9.78 Å². The number of aromatic nitrogens is 3. The lowest BCUT2D eigenvalue weighted by Gasteiger charge is -2.16. The molecule has 0 saturated heterocycles. The molecule has 0 bridgehead atoms. The van der Waals surface area contributed by atoms with E-state index in [2.05, 4.69) is 50.0 Å². The number of anilines is 1. The van der Waals surface area contributed by atoms with Gasteiger partial charge in [0.05, 0.1) is 16.3 Å². The zero-order valence-electron chi connectivity index (χ0n) is 16.2. The SMILES string of the molecule is CC[C@H](Nc1ncnc2sc(C(=O)NCc3ccncc3)c(C)c12)c1cccs1. The maximum absolute atomic E-state index is 12.8. The molecule has 1 amide bonds. The molecule has 0 radical (unpaired) electrons. The summed E-state index contributed by atoms with van der Waals surface area (Å²) in [5, 5.41) is 9.54. The Balaban J connectivity index is 1.60. The zero-order valence-corrected chi connectivity index (χ0v) is 17.8. The monoisotopic (exact) mass is 423 g/mol. The summed E-state index contributed by atoms with van der Waals surface area (Å²) in [6.07, 6.45) is 5.93. The third-order valence-electron chi connectivity index (χ3n) is 4.74. The van der Waals surface area contributed by atoms with Crippen LogP contribution in [0.1, 0.15) is 45.1 Å². The summed E-state index contributed by atoms with van der Waals surface area (Å²) in [5.41, 5.74) is 1.91. The predicted molar refractivity (Wildman–Crippen MR) is 119 cm³/mol. The lowest BCUT2D eigenvalue weighted by molar-refractivity contribution is 0.0954. The molecule has 0 fully saturated rings. The average molecular weight is 424 g/mol. The van der Waals surface area contributed by atoms with E-state index in [1.54, 1.807) is 30.1 Å². The highest BCUT2D eigenvalue weighted by Crippen LogP contribution is 2.35. The molecule has 4 heterocycles. The van der Waals surface area contributed by atoms with Crippen LogP contribution in [0.3, 0.4) is 0 Å². The fraction of sp³-hybridized carbons (Fsp3) is 0.238. The highest BCUT2D eigenvalue weighted by molar-refractivity contribution is 7.20. The van der Waals surface area contributed by atoms with Crippen LogP contribution in [0.5, 0.6) is 0 Å². The molecule has 0 aromatic carbocycles. The van der Waals surface area contributed by atoms with E-state index in [0.717, 1.165) is 33.6 Å². The molecule has 148 valence electrons. The van der Waals surface area contributed by atoms with Crippen molar-refractivity contribution in [3.8, 4) is 0 Å². The van der Waals surface area contributed by atoms with E-state index in [9.17, 15) is 4.79 Å². The number of amides is 1. The van der Waals surface area contributed by atoms with Gasteiger partial charge in [0.2, 0.25) is 0 Å². The van der Waals surface area contributed by atoms with Crippen LogP contribution in [-0.2, 0) is 6.54 Å². The van der Waals surface area contributed by atoms with Gasteiger partial charge in [-0.05, 0) is 48.1 Å². The molecule has 0 unspecified atom stereocenters. The number of nitrogens with one attached hydrogen (secondary N) is 2. The molecule has 0 aliphatic carbocycles. The van der Waals surface area contributed by atoms with Crippen LogP contribution in [0, 0.1) is 6.92 Å². The molecule has 2 N–H and O–H groups in total. The van der Waals surface area contributed by atoms with Gasteiger partial charge in [0.15, 0.2) is 0 Å². The van der Waals surface area contributed by atoms with E-state index in [4.69, 9.17) is 0 Å². The van der Waals surface area contributed by atoms with Gasteiger partial charge in [0.25, 0.3) is 5.91 Å². The van der Waals surface area contributed by atoms with Crippen molar-refractivity contribution in [1.29, 1.82) is 0 Å². The Morgan fingerprint density at radius 2 is 2.03 bits per heavy atom. The van der Waals surface area contributed by atoms with Crippen molar-refractivity contribution in [3.63, 3.8) is 0 Å². The summed E-state index contributed by atoms with van der Waals surface area (Å²) in [6, 6.07) is 8.14. The Bertz CT molecular complexity index is 1110. The van der Waals surface area contributed by atoms with Gasteiger partial charge in [-0.25, -0.2) is 9.97 Å². The van der Waals surface area contributed by atoms with Crippen molar-refractivity contribution in [2.75, 3.05) is 5.32 Å². The lowest BCUT2D eigenvalue weighted by Crippen LogP contribution is -2.22. The maximum Gasteiger partial charge on any atom is 0.261 e. The van der Waals surface area contributed by atoms with Crippen LogP contribution in [-0.4, -0.2) is 20.9 Å². The summed E-state index contributed by atoms with van der Waals surface area (Å²) in [4.78, 5) is 28.4. The minimum atomic E-state index is -0.0986. The summed E-state index contributed by atoms with van der Waals surface area (Å²) in [5.74, 6) is 0.677. The first kappa shape index (κ1) is 19.5. The predicted octanol–water partition coefficient (Wildman–Crippen LogP) is 4.95. The van der Waals surface area contributed by atoms with Crippen LogP contribution >= 0.6 is 22.7 Å². The topological polar surface area (TPSA) is 79.8 Å². The average Bonchev–Trinajstić information content (AvgIpc) is 3.40. The summed E-state index contributed by atoms with van der Waals surface area (Å²) in [6.45, 7) is 4.57. The number of carbonyl (C=O) groups excluding carboxylic acids is 1.